The Bertz CT molecular complexity index is 1200. The van der Waals surface area contributed by atoms with Crippen molar-refractivity contribution >= 4 is 45.8 Å². The van der Waals surface area contributed by atoms with Crippen LogP contribution in [-0.2, 0) is 4.79 Å². The van der Waals surface area contributed by atoms with Gasteiger partial charge in [0.25, 0.3) is 11.8 Å². The van der Waals surface area contributed by atoms with Gasteiger partial charge >= 0.3 is 0 Å². The van der Waals surface area contributed by atoms with Crippen LogP contribution in [0.1, 0.15) is 33.6 Å². The molecule has 2 aliphatic heterocycles. The predicted molar refractivity (Wildman–Crippen MR) is 129 cm³/mol. The molecule has 0 atom stereocenters. The minimum atomic E-state index is -0.285. The number of amides is 3. The minimum absolute atomic E-state index is 0.0557. The van der Waals surface area contributed by atoms with E-state index in [4.69, 9.17) is 11.6 Å². The summed E-state index contributed by atoms with van der Waals surface area (Å²) in [5, 5.41) is 2.31. The fraction of sp³-hybridized carbons (Fsp3) is 0.269. The molecule has 0 saturated carbocycles. The van der Waals surface area contributed by atoms with Gasteiger partial charge in [-0.15, -0.1) is 0 Å². The van der Waals surface area contributed by atoms with E-state index in [1.165, 1.54) is 4.90 Å². The second kappa shape index (κ2) is 8.87. The van der Waals surface area contributed by atoms with Gasteiger partial charge in [0.2, 0.25) is 5.91 Å². The maximum Gasteiger partial charge on any atom is 0.261 e. The van der Waals surface area contributed by atoms with Crippen molar-refractivity contribution in [3.8, 4) is 0 Å². The Labute approximate surface area is 197 Å². The van der Waals surface area contributed by atoms with Crippen LogP contribution in [-0.4, -0.2) is 60.2 Å². The molecule has 7 heteroatoms. The molecule has 3 aromatic carbocycles. The van der Waals surface area contributed by atoms with E-state index in [1.807, 2.05) is 53.4 Å². The van der Waals surface area contributed by atoms with Crippen LogP contribution in [0.2, 0.25) is 5.02 Å². The number of hydrogen-bond donors (Lipinski definition) is 0. The maximum absolute atomic E-state index is 13.0. The van der Waals surface area contributed by atoms with E-state index < -0.39 is 0 Å². The second-order valence-electron chi connectivity index (χ2n) is 8.42. The van der Waals surface area contributed by atoms with Crippen LogP contribution in [0.25, 0.3) is 10.8 Å². The molecular formula is C26H24ClN3O3. The molecule has 3 aromatic rings. The van der Waals surface area contributed by atoms with E-state index in [1.54, 1.807) is 12.1 Å². The van der Waals surface area contributed by atoms with Crippen LogP contribution in [0, 0.1) is 0 Å². The largest absolute Gasteiger partial charge is 0.368 e. The Morgan fingerprint density at radius 3 is 2.12 bits per heavy atom. The molecule has 0 aromatic heterocycles. The Balaban J connectivity index is 1.17. The highest BCUT2D eigenvalue weighted by molar-refractivity contribution is 6.30. The van der Waals surface area contributed by atoms with Crippen molar-refractivity contribution in [2.45, 2.75) is 12.8 Å². The summed E-state index contributed by atoms with van der Waals surface area (Å²) in [5.74, 6) is -0.515. The Hall–Kier alpha value is -3.38. The molecule has 6 nitrogen and oxygen atoms in total. The molecule has 33 heavy (non-hydrogen) atoms. The van der Waals surface area contributed by atoms with Crippen LogP contribution >= 0.6 is 11.6 Å². The standard InChI is InChI=1S/C26H24ClN3O3/c27-19-7-3-8-20(17-19)28-13-15-29(16-14-28)23(31)11-4-12-30-25(32)21-9-1-5-18-6-2-10-22(24(18)21)26(30)33/h1-3,5-10,17H,4,11-16H2. The molecule has 0 radical (unpaired) electrons. The summed E-state index contributed by atoms with van der Waals surface area (Å²) < 4.78 is 0. The number of imide groups is 1. The number of halogens is 1. The molecule has 168 valence electrons. The van der Waals surface area contributed by atoms with Gasteiger partial charge in [0.05, 0.1) is 0 Å². The number of nitrogens with zero attached hydrogens (tertiary/aromatic N) is 3. The van der Waals surface area contributed by atoms with Gasteiger partial charge in [-0.2, -0.15) is 0 Å². The molecule has 2 heterocycles. The van der Waals surface area contributed by atoms with Crippen LogP contribution in [0.5, 0.6) is 0 Å². The molecule has 0 spiro atoms. The number of carbonyl (C=O) groups is 3. The van der Waals surface area contributed by atoms with E-state index >= 15 is 0 Å². The number of piperazine rings is 1. The van der Waals surface area contributed by atoms with Gasteiger partial charge in [-0.1, -0.05) is 41.9 Å². The highest BCUT2D eigenvalue weighted by Gasteiger charge is 2.32. The Kier molecular flexibility index (Phi) is 5.77. The number of rotatable bonds is 5. The first-order valence-electron chi connectivity index (χ1n) is 11.2. The van der Waals surface area contributed by atoms with Gasteiger partial charge in [0.15, 0.2) is 0 Å². The van der Waals surface area contributed by atoms with Crippen molar-refractivity contribution in [1.29, 1.82) is 0 Å². The van der Waals surface area contributed by atoms with Crippen molar-refractivity contribution in [2.24, 2.45) is 0 Å². The summed E-state index contributed by atoms with van der Waals surface area (Å²) in [7, 11) is 0. The van der Waals surface area contributed by atoms with Crippen LogP contribution in [0.4, 0.5) is 5.69 Å². The maximum atomic E-state index is 13.0. The molecule has 0 unspecified atom stereocenters. The SMILES string of the molecule is O=C(CCCN1C(=O)c2cccc3cccc(c23)C1=O)N1CCN(c2cccc(Cl)c2)CC1. The zero-order valence-electron chi connectivity index (χ0n) is 18.2. The number of benzene rings is 3. The fourth-order valence-corrected chi connectivity index (χ4v) is 4.90. The zero-order chi connectivity index (χ0) is 22.9. The van der Waals surface area contributed by atoms with Crippen LogP contribution in [0.3, 0.4) is 0 Å². The third-order valence-corrected chi connectivity index (χ3v) is 6.67. The highest BCUT2D eigenvalue weighted by Crippen LogP contribution is 2.30. The first kappa shape index (κ1) is 21.5. The lowest BCUT2D eigenvalue weighted by atomic mass is 9.94. The average Bonchev–Trinajstić information content (AvgIpc) is 2.84. The van der Waals surface area contributed by atoms with E-state index in [9.17, 15) is 14.4 Å². The topological polar surface area (TPSA) is 60.9 Å². The predicted octanol–water partition coefficient (Wildman–Crippen LogP) is 4.22. The summed E-state index contributed by atoms with van der Waals surface area (Å²) >= 11 is 6.09. The highest BCUT2D eigenvalue weighted by atomic mass is 35.5. The van der Waals surface area contributed by atoms with E-state index in [2.05, 4.69) is 4.90 Å². The molecule has 0 N–H and O–H groups in total. The number of anilines is 1. The monoisotopic (exact) mass is 461 g/mol. The van der Waals surface area contributed by atoms with Crippen LogP contribution in [0.15, 0.2) is 60.7 Å². The smallest absolute Gasteiger partial charge is 0.261 e. The van der Waals surface area contributed by atoms with Crippen LogP contribution < -0.4 is 4.90 Å². The molecule has 1 saturated heterocycles. The molecule has 2 aliphatic rings. The molecule has 5 rings (SSSR count). The normalized spacial score (nSPS) is 16.0. The zero-order valence-corrected chi connectivity index (χ0v) is 18.9. The molecule has 0 aliphatic carbocycles. The van der Waals surface area contributed by atoms with Crippen molar-refractivity contribution in [3.63, 3.8) is 0 Å². The quantitative estimate of drug-likeness (QED) is 0.534. The summed E-state index contributed by atoms with van der Waals surface area (Å²) in [5.41, 5.74) is 2.16. The first-order valence-corrected chi connectivity index (χ1v) is 11.6. The summed E-state index contributed by atoms with van der Waals surface area (Å²) in [4.78, 5) is 44.1. The van der Waals surface area contributed by atoms with Crippen molar-refractivity contribution < 1.29 is 14.4 Å². The van der Waals surface area contributed by atoms with Crippen molar-refractivity contribution in [2.75, 3.05) is 37.6 Å². The Morgan fingerprint density at radius 1 is 0.848 bits per heavy atom. The lowest BCUT2D eigenvalue weighted by Crippen LogP contribution is -2.49. The minimum Gasteiger partial charge on any atom is -0.368 e. The molecule has 1 fully saturated rings. The van der Waals surface area contributed by atoms with Gasteiger partial charge in [-0.05, 0) is 42.1 Å². The third-order valence-electron chi connectivity index (χ3n) is 6.43. The first-order chi connectivity index (χ1) is 16.0. The lowest BCUT2D eigenvalue weighted by molar-refractivity contribution is -0.131. The molecule has 3 amide bonds. The Morgan fingerprint density at radius 2 is 1.48 bits per heavy atom. The summed E-state index contributed by atoms with van der Waals surface area (Å²) in [6, 6.07) is 18.7. The van der Waals surface area contributed by atoms with Gasteiger partial charge in [-0.3, -0.25) is 19.3 Å². The van der Waals surface area contributed by atoms with Gasteiger partial charge in [-0.25, -0.2) is 0 Å². The summed E-state index contributed by atoms with van der Waals surface area (Å²) in [6.07, 6.45) is 0.753. The van der Waals surface area contributed by atoms with E-state index in [0.29, 0.717) is 42.1 Å². The number of hydrogen-bond acceptors (Lipinski definition) is 4. The third kappa shape index (κ3) is 4.07. The second-order valence-corrected chi connectivity index (χ2v) is 8.86. The van der Waals surface area contributed by atoms with Gasteiger partial charge in [0.1, 0.15) is 0 Å². The molecular weight excluding hydrogens is 438 g/mol. The van der Waals surface area contributed by atoms with E-state index in [0.717, 1.165) is 29.5 Å². The van der Waals surface area contributed by atoms with Crippen molar-refractivity contribution in [1.82, 2.24) is 9.80 Å². The van der Waals surface area contributed by atoms with Gasteiger partial charge < -0.3 is 9.80 Å². The fourth-order valence-electron chi connectivity index (χ4n) is 4.72. The average molecular weight is 462 g/mol. The number of carbonyl (C=O) groups excluding carboxylic acids is 3. The van der Waals surface area contributed by atoms with Crippen molar-refractivity contribution in [3.05, 3.63) is 76.8 Å². The van der Waals surface area contributed by atoms with Gasteiger partial charge in [0, 0.05) is 66.4 Å². The van der Waals surface area contributed by atoms with E-state index in [-0.39, 0.29) is 24.3 Å². The summed E-state index contributed by atoms with van der Waals surface area (Å²) in [6.45, 7) is 3.01. The lowest BCUT2D eigenvalue weighted by Gasteiger charge is -2.36. The molecule has 0 bridgehead atoms.